The lowest BCUT2D eigenvalue weighted by Crippen LogP contribution is -2.25. The Balaban J connectivity index is 2.13. The smallest absolute Gasteiger partial charge is 0.334 e. The van der Waals surface area contributed by atoms with Gasteiger partial charge in [-0.3, -0.25) is 0 Å². The summed E-state index contributed by atoms with van der Waals surface area (Å²) in [6, 6.07) is 10.2. The molecule has 1 N–H and O–H groups in total. The number of benzene rings is 1. The van der Waals surface area contributed by atoms with Crippen LogP contribution in [0.15, 0.2) is 47.6 Å². The summed E-state index contributed by atoms with van der Waals surface area (Å²) >= 11 is 0. The molecule has 0 radical (unpaired) electrons. The third-order valence-corrected chi connectivity index (χ3v) is 2.69. The summed E-state index contributed by atoms with van der Waals surface area (Å²) in [5, 5.41) is 13.3. The highest BCUT2D eigenvalue weighted by molar-refractivity contribution is 6.15. The summed E-state index contributed by atoms with van der Waals surface area (Å²) in [5.74, 6) is -0.369. The summed E-state index contributed by atoms with van der Waals surface area (Å²) in [6.07, 6.45) is 1.55. The molecule has 5 nitrogen and oxygen atoms in total. The summed E-state index contributed by atoms with van der Waals surface area (Å²) < 4.78 is 1.42. The number of hydrogen-bond acceptors (Lipinski definition) is 3. The summed E-state index contributed by atoms with van der Waals surface area (Å²) in [5.41, 5.74) is 1.34. The van der Waals surface area contributed by atoms with E-state index in [1.165, 1.54) is 4.68 Å². The first-order valence-electron chi connectivity index (χ1n) is 5.17. The quantitative estimate of drug-likeness (QED) is 0.848. The van der Waals surface area contributed by atoms with Gasteiger partial charge in [0.1, 0.15) is 0 Å². The van der Waals surface area contributed by atoms with Gasteiger partial charge >= 0.3 is 5.97 Å². The van der Waals surface area contributed by atoms with E-state index in [4.69, 9.17) is 0 Å². The molecule has 5 heteroatoms. The zero-order valence-corrected chi connectivity index (χ0v) is 8.82. The van der Waals surface area contributed by atoms with E-state index in [9.17, 15) is 9.90 Å². The van der Waals surface area contributed by atoms with Crippen LogP contribution in [-0.2, 0) is 4.79 Å². The van der Waals surface area contributed by atoms with Crippen LogP contribution in [0.4, 0.5) is 5.82 Å². The molecule has 84 valence electrons. The molecule has 1 aromatic heterocycles. The number of aromatic nitrogens is 2. The van der Waals surface area contributed by atoms with Crippen molar-refractivity contribution in [1.29, 1.82) is 0 Å². The molecular formula is C12H9N3O2. The highest BCUT2D eigenvalue weighted by Crippen LogP contribution is 2.29. The highest BCUT2D eigenvalue weighted by Gasteiger charge is 2.34. The third kappa shape index (κ3) is 1.44. The second kappa shape index (κ2) is 3.55. The number of fused-ring (bicyclic) bond motifs is 1. The van der Waals surface area contributed by atoms with Gasteiger partial charge in [-0.2, -0.15) is 5.10 Å². The lowest BCUT2D eigenvalue weighted by molar-refractivity contribution is -0.138. The molecule has 1 unspecified atom stereocenters. The second-order valence-corrected chi connectivity index (χ2v) is 3.74. The van der Waals surface area contributed by atoms with E-state index in [-0.39, 0.29) is 0 Å². The van der Waals surface area contributed by atoms with Gasteiger partial charge in [-0.25, -0.2) is 14.5 Å². The van der Waals surface area contributed by atoms with Crippen molar-refractivity contribution in [3.8, 4) is 0 Å². The highest BCUT2D eigenvalue weighted by atomic mass is 16.4. The standard InChI is InChI=1S/C12H9N3O2/c16-12(17)11-10(8-4-2-1-3-5-8)14-9-6-7-13-15(9)11/h1-7,11H,(H,16,17). The molecule has 0 saturated heterocycles. The zero-order chi connectivity index (χ0) is 11.8. The van der Waals surface area contributed by atoms with E-state index in [1.807, 2.05) is 30.3 Å². The van der Waals surface area contributed by atoms with Gasteiger partial charge in [-0.05, 0) is 5.56 Å². The van der Waals surface area contributed by atoms with Crippen molar-refractivity contribution in [2.24, 2.45) is 4.99 Å². The van der Waals surface area contributed by atoms with E-state index >= 15 is 0 Å². The van der Waals surface area contributed by atoms with Crippen LogP contribution in [-0.4, -0.2) is 26.6 Å². The molecule has 0 bridgehead atoms. The molecule has 3 rings (SSSR count). The number of hydrogen-bond donors (Lipinski definition) is 1. The fourth-order valence-electron chi connectivity index (χ4n) is 1.95. The molecule has 17 heavy (non-hydrogen) atoms. The number of carboxylic acid groups (broad SMARTS) is 1. The number of nitrogens with zero attached hydrogens (tertiary/aromatic N) is 3. The number of carbonyl (C=O) groups is 1. The zero-order valence-electron chi connectivity index (χ0n) is 8.82. The topological polar surface area (TPSA) is 67.5 Å². The van der Waals surface area contributed by atoms with Crippen LogP contribution in [0.25, 0.3) is 0 Å². The van der Waals surface area contributed by atoms with E-state index < -0.39 is 12.0 Å². The van der Waals surface area contributed by atoms with E-state index in [0.717, 1.165) is 5.56 Å². The van der Waals surface area contributed by atoms with Gasteiger partial charge in [0.15, 0.2) is 11.9 Å². The minimum atomic E-state index is -0.949. The van der Waals surface area contributed by atoms with E-state index in [1.54, 1.807) is 12.3 Å². The van der Waals surface area contributed by atoms with Crippen molar-refractivity contribution in [3.63, 3.8) is 0 Å². The summed E-state index contributed by atoms with van der Waals surface area (Å²) in [7, 11) is 0. The van der Waals surface area contributed by atoms with Crippen molar-refractivity contribution in [1.82, 2.24) is 9.78 Å². The molecule has 0 spiro atoms. The van der Waals surface area contributed by atoms with Crippen LogP contribution in [0.1, 0.15) is 11.6 Å². The summed E-state index contributed by atoms with van der Waals surface area (Å²) in [4.78, 5) is 15.6. The number of carboxylic acids is 1. The average Bonchev–Trinajstić information content (AvgIpc) is 2.88. The molecule has 0 aliphatic carbocycles. The van der Waals surface area contributed by atoms with Crippen molar-refractivity contribution >= 4 is 17.5 Å². The van der Waals surface area contributed by atoms with Crippen molar-refractivity contribution in [3.05, 3.63) is 48.2 Å². The lowest BCUT2D eigenvalue weighted by Gasteiger charge is -2.09. The van der Waals surface area contributed by atoms with Crippen molar-refractivity contribution in [2.45, 2.75) is 6.04 Å². The van der Waals surface area contributed by atoms with Crippen LogP contribution in [0.3, 0.4) is 0 Å². The first-order valence-corrected chi connectivity index (χ1v) is 5.17. The van der Waals surface area contributed by atoms with Crippen molar-refractivity contribution in [2.75, 3.05) is 0 Å². The van der Waals surface area contributed by atoms with Gasteiger partial charge in [0.05, 0.1) is 11.9 Å². The van der Waals surface area contributed by atoms with E-state index in [2.05, 4.69) is 10.1 Å². The Morgan fingerprint density at radius 1 is 1.24 bits per heavy atom. The molecule has 0 amide bonds. The molecule has 2 heterocycles. The molecule has 1 atom stereocenters. The third-order valence-electron chi connectivity index (χ3n) is 2.69. The molecular weight excluding hydrogens is 218 g/mol. The van der Waals surface area contributed by atoms with E-state index in [0.29, 0.717) is 11.5 Å². The minimum absolute atomic E-state index is 0.529. The van der Waals surface area contributed by atoms with Gasteiger partial charge < -0.3 is 5.11 Å². The Hall–Kier alpha value is -2.43. The van der Waals surface area contributed by atoms with Crippen LogP contribution in [0.2, 0.25) is 0 Å². The molecule has 1 aliphatic heterocycles. The maximum absolute atomic E-state index is 11.3. The summed E-state index contributed by atoms with van der Waals surface area (Å²) in [6.45, 7) is 0. The average molecular weight is 227 g/mol. The Bertz CT molecular complexity index is 601. The molecule has 0 fully saturated rings. The fraction of sp³-hybridized carbons (Fsp3) is 0.0833. The van der Waals surface area contributed by atoms with Crippen LogP contribution >= 0.6 is 0 Å². The fourth-order valence-corrected chi connectivity index (χ4v) is 1.95. The van der Waals surface area contributed by atoms with Gasteiger partial charge in [0.2, 0.25) is 0 Å². The largest absolute Gasteiger partial charge is 0.479 e. The van der Waals surface area contributed by atoms with Crippen LogP contribution < -0.4 is 0 Å². The number of aliphatic imine (C=N–C) groups is 1. The Morgan fingerprint density at radius 2 is 2.00 bits per heavy atom. The predicted molar refractivity (Wildman–Crippen MR) is 61.5 cm³/mol. The molecule has 2 aromatic rings. The van der Waals surface area contributed by atoms with Gasteiger partial charge in [0.25, 0.3) is 0 Å². The Kier molecular flexibility index (Phi) is 2.04. The normalized spacial score (nSPS) is 17.6. The monoisotopic (exact) mass is 227 g/mol. The SMILES string of the molecule is O=C(O)C1C(c2ccccc2)=Nc2ccnn21. The molecule has 1 aliphatic rings. The van der Waals surface area contributed by atoms with Gasteiger partial charge in [-0.1, -0.05) is 30.3 Å². The van der Waals surface area contributed by atoms with Crippen LogP contribution in [0, 0.1) is 0 Å². The van der Waals surface area contributed by atoms with Crippen LogP contribution in [0.5, 0.6) is 0 Å². The Labute approximate surface area is 97.0 Å². The lowest BCUT2D eigenvalue weighted by atomic mass is 10.0. The number of rotatable bonds is 2. The predicted octanol–water partition coefficient (Wildman–Crippen LogP) is 1.64. The van der Waals surface area contributed by atoms with Gasteiger partial charge in [-0.15, -0.1) is 0 Å². The van der Waals surface area contributed by atoms with Crippen molar-refractivity contribution < 1.29 is 9.90 Å². The minimum Gasteiger partial charge on any atom is -0.479 e. The number of aliphatic carboxylic acids is 1. The maximum Gasteiger partial charge on any atom is 0.334 e. The molecule has 1 aromatic carbocycles. The second-order valence-electron chi connectivity index (χ2n) is 3.74. The Morgan fingerprint density at radius 3 is 2.71 bits per heavy atom. The maximum atomic E-state index is 11.3. The molecule has 0 saturated carbocycles. The first-order chi connectivity index (χ1) is 8.27. The van der Waals surface area contributed by atoms with Gasteiger partial charge in [0, 0.05) is 6.07 Å². The first kappa shape index (κ1) is 9.77.